The largest absolute Gasteiger partial charge is 0.481 e. The molecule has 0 atom stereocenters. The normalized spacial score (nSPS) is 11.5. The van der Waals surface area contributed by atoms with Gasteiger partial charge in [0.2, 0.25) is 0 Å². The second-order valence-corrected chi connectivity index (χ2v) is 8.25. The third-order valence-corrected chi connectivity index (χ3v) is 6.19. The number of hydrogen-bond acceptors (Lipinski definition) is 4. The zero-order valence-corrected chi connectivity index (χ0v) is 11.2. The fourth-order valence-corrected chi connectivity index (χ4v) is 2.38. The standard InChI is InChI=1S/C11H18O4Si/c1-7-9(12)14-16(6,11(3,4)5)15-10(13)8-2/h7-8H,1-2H2,3-6H3. The van der Waals surface area contributed by atoms with Crippen molar-refractivity contribution < 1.29 is 18.4 Å². The molecule has 90 valence electrons. The minimum atomic E-state index is -2.96. The van der Waals surface area contributed by atoms with Crippen molar-refractivity contribution in [3.8, 4) is 0 Å². The van der Waals surface area contributed by atoms with Crippen LogP contribution in [-0.4, -0.2) is 20.5 Å². The second-order valence-electron chi connectivity index (χ2n) is 4.45. The Kier molecular flexibility index (Phi) is 4.68. The molecule has 0 aromatic rings. The first kappa shape index (κ1) is 14.6. The van der Waals surface area contributed by atoms with Crippen molar-refractivity contribution in [2.75, 3.05) is 0 Å². The van der Waals surface area contributed by atoms with Crippen LogP contribution in [0.1, 0.15) is 20.8 Å². The lowest BCUT2D eigenvalue weighted by atomic mass is 10.3. The maximum Gasteiger partial charge on any atom is 0.467 e. The van der Waals surface area contributed by atoms with Gasteiger partial charge in [0.25, 0.3) is 0 Å². The lowest BCUT2D eigenvalue weighted by molar-refractivity contribution is -0.136. The van der Waals surface area contributed by atoms with Gasteiger partial charge in [-0.2, -0.15) is 0 Å². The van der Waals surface area contributed by atoms with Gasteiger partial charge in [-0.15, -0.1) is 0 Å². The number of rotatable bonds is 4. The van der Waals surface area contributed by atoms with Crippen molar-refractivity contribution in [2.45, 2.75) is 32.4 Å². The van der Waals surface area contributed by atoms with Gasteiger partial charge >= 0.3 is 20.5 Å². The molecule has 0 unspecified atom stereocenters. The molecule has 0 radical (unpaired) electrons. The van der Waals surface area contributed by atoms with E-state index in [9.17, 15) is 9.59 Å². The smallest absolute Gasteiger partial charge is 0.467 e. The van der Waals surface area contributed by atoms with E-state index in [0.717, 1.165) is 12.2 Å². The molecule has 0 aliphatic rings. The highest BCUT2D eigenvalue weighted by molar-refractivity contribution is 6.72. The molecule has 0 N–H and O–H groups in total. The lowest BCUT2D eigenvalue weighted by Gasteiger charge is -2.35. The van der Waals surface area contributed by atoms with Crippen molar-refractivity contribution >= 4 is 20.5 Å². The van der Waals surface area contributed by atoms with E-state index in [0.29, 0.717) is 0 Å². The summed E-state index contributed by atoms with van der Waals surface area (Å²) in [5, 5.41) is -0.426. The van der Waals surface area contributed by atoms with Crippen LogP contribution < -0.4 is 0 Å². The topological polar surface area (TPSA) is 52.6 Å². The highest BCUT2D eigenvalue weighted by atomic mass is 28.4. The van der Waals surface area contributed by atoms with Gasteiger partial charge in [0.15, 0.2) is 0 Å². The van der Waals surface area contributed by atoms with Gasteiger partial charge in [-0.05, 0) is 0 Å². The van der Waals surface area contributed by atoms with Crippen LogP contribution in [0, 0.1) is 0 Å². The van der Waals surface area contributed by atoms with Crippen LogP contribution in [-0.2, 0) is 18.4 Å². The minimum Gasteiger partial charge on any atom is -0.481 e. The minimum absolute atomic E-state index is 0.426. The van der Waals surface area contributed by atoms with Gasteiger partial charge in [-0.3, -0.25) is 0 Å². The average molecular weight is 242 g/mol. The Balaban J connectivity index is 5.03. The molecule has 0 aliphatic carbocycles. The summed E-state index contributed by atoms with van der Waals surface area (Å²) in [5.74, 6) is -1.16. The maximum absolute atomic E-state index is 11.2. The molecule has 0 aromatic heterocycles. The zero-order chi connectivity index (χ0) is 13.0. The highest BCUT2D eigenvalue weighted by Gasteiger charge is 2.50. The van der Waals surface area contributed by atoms with Crippen molar-refractivity contribution in [1.82, 2.24) is 0 Å². The number of carbonyl (C=O) groups excluding carboxylic acids is 2. The molecule has 5 heteroatoms. The summed E-state index contributed by atoms with van der Waals surface area (Å²) >= 11 is 0. The first-order valence-electron chi connectivity index (χ1n) is 4.87. The van der Waals surface area contributed by atoms with E-state index in [4.69, 9.17) is 8.85 Å². The molecule has 0 fully saturated rings. The molecular weight excluding hydrogens is 224 g/mol. The summed E-state index contributed by atoms with van der Waals surface area (Å²) in [6, 6.07) is 0. The molecule has 0 saturated heterocycles. The predicted octanol–water partition coefficient (Wildman–Crippen LogP) is 2.32. The van der Waals surface area contributed by atoms with Crippen molar-refractivity contribution in [1.29, 1.82) is 0 Å². The van der Waals surface area contributed by atoms with E-state index in [2.05, 4.69) is 13.2 Å². The second kappa shape index (κ2) is 5.11. The lowest BCUT2D eigenvalue weighted by Crippen LogP contribution is -2.49. The van der Waals surface area contributed by atoms with Crippen LogP contribution >= 0.6 is 0 Å². The van der Waals surface area contributed by atoms with Gasteiger partial charge in [0, 0.05) is 23.7 Å². The Morgan fingerprint density at radius 2 is 1.38 bits per heavy atom. The van der Waals surface area contributed by atoms with Gasteiger partial charge in [0.05, 0.1) is 0 Å². The van der Waals surface area contributed by atoms with Crippen molar-refractivity contribution in [3.63, 3.8) is 0 Å². The molecule has 0 rings (SSSR count). The van der Waals surface area contributed by atoms with Crippen LogP contribution in [0.4, 0.5) is 0 Å². The summed E-state index contributed by atoms with van der Waals surface area (Å²) in [5.41, 5.74) is 0. The highest BCUT2D eigenvalue weighted by Crippen LogP contribution is 2.37. The summed E-state index contributed by atoms with van der Waals surface area (Å²) < 4.78 is 10.4. The van der Waals surface area contributed by atoms with Crippen LogP contribution in [0.15, 0.2) is 25.3 Å². The molecule has 0 heterocycles. The van der Waals surface area contributed by atoms with E-state index < -0.39 is 25.5 Å². The first-order valence-corrected chi connectivity index (χ1v) is 7.19. The molecule has 0 bridgehead atoms. The summed E-state index contributed by atoms with van der Waals surface area (Å²) in [4.78, 5) is 22.4. The third-order valence-electron chi connectivity index (χ3n) is 2.29. The van der Waals surface area contributed by atoms with E-state index in [1.54, 1.807) is 6.55 Å². The maximum atomic E-state index is 11.2. The van der Waals surface area contributed by atoms with E-state index >= 15 is 0 Å². The van der Waals surface area contributed by atoms with Crippen LogP contribution in [0.25, 0.3) is 0 Å². The molecular formula is C11H18O4Si. The Hall–Kier alpha value is -1.36. The fourth-order valence-electron chi connectivity index (χ4n) is 0.794. The van der Waals surface area contributed by atoms with Crippen LogP contribution in [0.5, 0.6) is 0 Å². The average Bonchev–Trinajstić information content (AvgIpc) is 2.15. The molecule has 0 saturated carbocycles. The molecule has 0 spiro atoms. The SMILES string of the molecule is C=CC(=O)O[Si](C)(OC(=O)C=C)C(C)(C)C. The monoisotopic (exact) mass is 242 g/mol. The summed E-state index contributed by atoms with van der Waals surface area (Å²) in [7, 11) is -2.96. The zero-order valence-electron chi connectivity index (χ0n) is 10.2. The van der Waals surface area contributed by atoms with E-state index in [-0.39, 0.29) is 0 Å². The summed E-state index contributed by atoms with van der Waals surface area (Å²) in [6.45, 7) is 13.8. The van der Waals surface area contributed by atoms with E-state index in [1.807, 2.05) is 20.8 Å². The Labute approximate surface area is 97.2 Å². The van der Waals surface area contributed by atoms with Gasteiger partial charge in [-0.1, -0.05) is 33.9 Å². The Bertz CT molecular complexity index is 292. The quantitative estimate of drug-likeness (QED) is 0.561. The fraction of sp³-hybridized carbons (Fsp3) is 0.455. The molecule has 16 heavy (non-hydrogen) atoms. The Morgan fingerprint density at radius 1 is 1.06 bits per heavy atom. The number of carbonyl (C=O) groups is 2. The van der Waals surface area contributed by atoms with Gasteiger partial charge < -0.3 is 8.85 Å². The third kappa shape index (κ3) is 3.66. The Morgan fingerprint density at radius 3 is 1.56 bits per heavy atom. The molecule has 0 aliphatic heterocycles. The van der Waals surface area contributed by atoms with E-state index in [1.165, 1.54) is 0 Å². The van der Waals surface area contributed by atoms with Crippen molar-refractivity contribution in [3.05, 3.63) is 25.3 Å². The first-order chi connectivity index (χ1) is 7.16. The van der Waals surface area contributed by atoms with Gasteiger partial charge in [0.1, 0.15) is 0 Å². The number of hydrogen-bond donors (Lipinski definition) is 0. The van der Waals surface area contributed by atoms with Crippen LogP contribution in [0.2, 0.25) is 11.6 Å². The van der Waals surface area contributed by atoms with Crippen molar-refractivity contribution in [2.24, 2.45) is 0 Å². The molecule has 4 nitrogen and oxygen atoms in total. The summed E-state index contributed by atoms with van der Waals surface area (Å²) in [6.07, 6.45) is 2.11. The van der Waals surface area contributed by atoms with Gasteiger partial charge in [-0.25, -0.2) is 9.59 Å². The molecule has 0 aromatic carbocycles. The predicted molar refractivity (Wildman–Crippen MR) is 63.9 cm³/mol. The van der Waals surface area contributed by atoms with Crippen LogP contribution in [0.3, 0.4) is 0 Å². The molecule has 0 amide bonds.